The Hall–Kier alpha value is -6.00. The first-order valence-corrected chi connectivity index (χ1v) is 15.3. The van der Waals surface area contributed by atoms with E-state index in [-0.39, 0.29) is 0 Å². The van der Waals surface area contributed by atoms with Gasteiger partial charge in [0, 0.05) is 86.2 Å². The molecule has 44 heavy (non-hydrogen) atoms. The Morgan fingerprint density at radius 3 is 0.477 bits per heavy atom. The van der Waals surface area contributed by atoms with Crippen LogP contribution in [0.2, 0.25) is 0 Å². The second-order valence-corrected chi connectivity index (χ2v) is 12.7. The second-order valence-electron chi connectivity index (χ2n) is 12.7. The van der Waals surface area contributed by atoms with E-state index in [1.807, 2.05) is 0 Å². The highest BCUT2D eigenvalue weighted by Crippen LogP contribution is 2.55. The summed E-state index contributed by atoms with van der Waals surface area (Å²) in [6.45, 7) is 0. The van der Waals surface area contributed by atoms with Gasteiger partial charge in [0.2, 0.25) is 0 Å². The highest BCUT2D eigenvalue weighted by atomic mass is 14.8. The maximum absolute atomic E-state index is 4.04. The zero-order valence-corrected chi connectivity index (χ0v) is 23.2. The average Bonchev–Trinajstić information content (AvgIpc) is 3.84. The fraction of sp³-hybridized carbons (Fsp3) is 0. The quantitative estimate of drug-likeness (QED) is 0.144. The van der Waals surface area contributed by atoms with Crippen molar-refractivity contribution in [2.75, 3.05) is 0 Å². The maximum atomic E-state index is 4.04. The van der Waals surface area contributed by atoms with Crippen LogP contribution in [0.4, 0.5) is 0 Å². The van der Waals surface area contributed by atoms with Crippen LogP contribution in [0, 0.1) is 0 Å². The Balaban J connectivity index is 1.58. The molecule has 4 nitrogen and oxygen atoms in total. The van der Waals surface area contributed by atoms with Crippen LogP contribution in [0.3, 0.4) is 0 Å². The number of aromatic amines is 4. The molecule has 4 heteroatoms. The molecule has 200 valence electrons. The third-order valence-electron chi connectivity index (χ3n) is 10.9. The summed E-state index contributed by atoms with van der Waals surface area (Å²) < 4.78 is 0. The number of hydrogen-bond acceptors (Lipinski definition) is 0. The monoisotopic (exact) mass is 556 g/mol. The Kier molecular flexibility index (Phi) is 3.07. The van der Waals surface area contributed by atoms with Gasteiger partial charge >= 0.3 is 0 Å². The number of hydrogen-bond donors (Lipinski definition) is 4. The van der Waals surface area contributed by atoms with Gasteiger partial charge in [0.1, 0.15) is 0 Å². The van der Waals surface area contributed by atoms with Crippen molar-refractivity contribution >= 4 is 130 Å². The van der Waals surface area contributed by atoms with Gasteiger partial charge in [-0.25, -0.2) is 0 Å². The lowest BCUT2D eigenvalue weighted by atomic mass is 9.89. The Morgan fingerprint density at radius 1 is 0.205 bits per heavy atom. The lowest BCUT2D eigenvalue weighted by Crippen LogP contribution is -1.83. The average molecular weight is 557 g/mol. The van der Waals surface area contributed by atoms with E-state index in [1.165, 1.54) is 130 Å². The SMILES string of the molecule is c1ccc2c(c1)c1[nH]c3c4ccccc4c4[nH]c5c6ccccc6c6[nH]c7c8ccccc8c8[nH]c2c2c1c3c4c5c6c7c82. The van der Waals surface area contributed by atoms with Gasteiger partial charge < -0.3 is 19.9 Å². The molecule has 13 rings (SSSR count). The van der Waals surface area contributed by atoms with E-state index >= 15 is 0 Å². The van der Waals surface area contributed by atoms with E-state index < -0.39 is 0 Å². The normalized spacial score (nSPS) is 13.5. The van der Waals surface area contributed by atoms with Crippen LogP contribution in [-0.2, 0) is 0 Å². The largest absolute Gasteiger partial charge is 0.353 e. The third-order valence-corrected chi connectivity index (χ3v) is 10.9. The van der Waals surface area contributed by atoms with Gasteiger partial charge in [-0.05, 0) is 0 Å². The lowest BCUT2D eigenvalue weighted by Gasteiger charge is -2.10. The van der Waals surface area contributed by atoms with Crippen LogP contribution >= 0.6 is 0 Å². The van der Waals surface area contributed by atoms with E-state index in [9.17, 15) is 0 Å². The van der Waals surface area contributed by atoms with Crippen molar-refractivity contribution < 1.29 is 0 Å². The van der Waals surface area contributed by atoms with Crippen LogP contribution in [0.25, 0.3) is 130 Å². The predicted octanol–water partition coefficient (Wildman–Crippen LogP) is 11.2. The van der Waals surface area contributed by atoms with Crippen LogP contribution in [0.15, 0.2) is 97.1 Å². The molecule has 0 fully saturated rings. The standard InChI is InChI=1S/C40H20N4/c1-2-10-18-17(9-1)33-25-26-28-30-32-31-29-27(25)35(41-33)19-11-3-4-12-20(19)37(29)43-39(31)23-15-7-8-16-24(23)40(32)44-38(30)22-14-6-5-13-21(22)36(28)42-34(18)26/h1-16,41-44H. The van der Waals surface area contributed by atoms with Crippen LogP contribution in [0.1, 0.15) is 0 Å². The van der Waals surface area contributed by atoms with Crippen LogP contribution in [0.5, 0.6) is 0 Å². The van der Waals surface area contributed by atoms with Gasteiger partial charge in [-0.15, -0.1) is 0 Å². The molecule has 0 saturated carbocycles. The van der Waals surface area contributed by atoms with Crippen LogP contribution in [-0.4, -0.2) is 19.9 Å². The lowest BCUT2D eigenvalue weighted by molar-refractivity contribution is 1.56. The van der Waals surface area contributed by atoms with Crippen molar-refractivity contribution in [2.24, 2.45) is 0 Å². The second kappa shape index (κ2) is 6.48. The highest BCUT2D eigenvalue weighted by molar-refractivity contribution is 6.53. The van der Waals surface area contributed by atoms with E-state index in [0.29, 0.717) is 0 Å². The van der Waals surface area contributed by atoms with Crippen molar-refractivity contribution in [2.45, 2.75) is 0 Å². The number of fused-ring (bicyclic) bond motifs is 12. The zero-order valence-electron chi connectivity index (χ0n) is 23.2. The predicted molar refractivity (Wildman–Crippen MR) is 187 cm³/mol. The van der Waals surface area contributed by atoms with Gasteiger partial charge in [0.15, 0.2) is 0 Å². The Labute approximate surface area is 246 Å². The van der Waals surface area contributed by atoms with Crippen molar-refractivity contribution in [1.29, 1.82) is 0 Å². The molecule has 0 radical (unpaired) electrons. The molecule has 4 aromatic heterocycles. The summed E-state index contributed by atoms with van der Waals surface area (Å²) >= 11 is 0. The number of H-pyrrole nitrogens is 4. The Morgan fingerprint density at radius 2 is 0.341 bits per heavy atom. The first-order valence-electron chi connectivity index (χ1n) is 15.3. The topological polar surface area (TPSA) is 63.2 Å². The summed E-state index contributed by atoms with van der Waals surface area (Å²) in [7, 11) is 0. The number of nitrogens with one attached hydrogen (secondary N) is 4. The van der Waals surface area contributed by atoms with Gasteiger partial charge in [-0.3, -0.25) is 0 Å². The summed E-state index contributed by atoms with van der Waals surface area (Å²) in [6, 6.07) is 35.6. The molecule has 13 aromatic rings. The molecule has 0 bridgehead atoms. The van der Waals surface area contributed by atoms with Crippen LogP contribution < -0.4 is 0 Å². The van der Waals surface area contributed by atoms with E-state index in [4.69, 9.17) is 0 Å². The third kappa shape index (κ3) is 1.96. The molecule has 0 aliphatic rings. The summed E-state index contributed by atoms with van der Waals surface area (Å²) in [5.74, 6) is 0. The van der Waals surface area contributed by atoms with E-state index in [1.54, 1.807) is 0 Å². The molecule has 9 aromatic carbocycles. The van der Waals surface area contributed by atoms with Gasteiger partial charge in [0.25, 0.3) is 0 Å². The Bertz CT molecular complexity index is 2670. The molecular formula is C40H20N4. The minimum atomic E-state index is 1.22. The maximum Gasteiger partial charge on any atom is 0.0552 e. The molecular weight excluding hydrogens is 536 g/mol. The van der Waals surface area contributed by atoms with Gasteiger partial charge in [-0.2, -0.15) is 0 Å². The first kappa shape index (κ1) is 20.8. The van der Waals surface area contributed by atoms with Gasteiger partial charge in [-0.1, -0.05) is 97.1 Å². The molecule has 0 amide bonds. The molecule has 0 atom stereocenters. The fourth-order valence-electron chi connectivity index (χ4n) is 9.29. The highest BCUT2D eigenvalue weighted by Gasteiger charge is 2.30. The van der Waals surface area contributed by atoms with Crippen molar-refractivity contribution in [3.8, 4) is 0 Å². The molecule has 4 heterocycles. The summed E-state index contributed by atoms with van der Waals surface area (Å²) in [5.41, 5.74) is 9.73. The minimum Gasteiger partial charge on any atom is -0.353 e. The number of aromatic nitrogens is 4. The van der Waals surface area contributed by atoms with Crippen molar-refractivity contribution in [3.05, 3.63) is 97.1 Å². The minimum absolute atomic E-state index is 1.22. The molecule has 4 N–H and O–H groups in total. The molecule has 0 aliphatic carbocycles. The van der Waals surface area contributed by atoms with Gasteiger partial charge in [0.05, 0.1) is 44.1 Å². The summed E-state index contributed by atoms with van der Waals surface area (Å²) in [5, 5.41) is 20.6. The molecule has 0 saturated heterocycles. The first-order chi connectivity index (χ1) is 21.9. The van der Waals surface area contributed by atoms with E-state index in [0.717, 1.165) is 0 Å². The van der Waals surface area contributed by atoms with E-state index in [2.05, 4.69) is 117 Å². The molecule has 0 aliphatic heterocycles. The van der Waals surface area contributed by atoms with Crippen molar-refractivity contribution in [3.63, 3.8) is 0 Å². The number of benzene rings is 8. The molecule has 0 spiro atoms. The zero-order chi connectivity index (χ0) is 28.0. The fourth-order valence-corrected chi connectivity index (χ4v) is 9.29. The number of rotatable bonds is 0. The van der Waals surface area contributed by atoms with Crippen molar-refractivity contribution in [1.82, 2.24) is 19.9 Å². The smallest absolute Gasteiger partial charge is 0.0552 e. The summed E-state index contributed by atoms with van der Waals surface area (Å²) in [6.07, 6.45) is 0. The summed E-state index contributed by atoms with van der Waals surface area (Å²) in [4.78, 5) is 16.1. The molecule has 0 unspecified atom stereocenters.